The molecule has 2 N–H and O–H groups in total. The van der Waals surface area contributed by atoms with Crippen molar-refractivity contribution in [2.45, 2.75) is 6.42 Å². The second kappa shape index (κ2) is 4.13. The number of hydrogen-bond acceptors (Lipinski definition) is 3. The summed E-state index contributed by atoms with van der Waals surface area (Å²) >= 11 is 0. The lowest BCUT2D eigenvalue weighted by Crippen LogP contribution is -2.14. The van der Waals surface area contributed by atoms with E-state index in [1.54, 1.807) is 6.20 Å². The van der Waals surface area contributed by atoms with Gasteiger partial charge in [-0.3, -0.25) is 4.98 Å². The summed E-state index contributed by atoms with van der Waals surface area (Å²) in [5, 5.41) is 0. The van der Waals surface area contributed by atoms with Crippen LogP contribution >= 0.6 is 0 Å². The highest BCUT2D eigenvalue weighted by Crippen LogP contribution is 2.09. The van der Waals surface area contributed by atoms with Crippen LogP contribution in [-0.4, -0.2) is 17.8 Å². The van der Waals surface area contributed by atoms with Gasteiger partial charge in [0.1, 0.15) is 5.82 Å². The second-order valence-electron chi connectivity index (χ2n) is 3.51. The van der Waals surface area contributed by atoms with Gasteiger partial charge in [-0.15, -0.1) is 0 Å². The maximum atomic E-state index is 5.76. The summed E-state index contributed by atoms with van der Waals surface area (Å²) in [5.41, 5.74) is 8.71. The summed E-state index contributed by atoms with van der Waals surface area (Å²) in [6.45, 7) is 0. The van der Waals surface area contributed by atoms with E-state index >= 15 is 0 Å². The Hall–Kier alpha value is -1.84. The summed E-state index contributed by atoms with van der Waals surface area (Å²) in [4.78, 5) is 8.47. The Labute approximate surface area is 89.8 Å². The van der Waals surface area contributed by atoms with E-state index in [-0.39, 0.29) is 0 Å². The van der Waals surface area contributed by atoms with Crippen LogP contribution in [0.2, 0.25) is 0 Å². The third-order valence-electron chi connectivity index (χ3n) is 2.21. The SMILES string of the molecule is Bc1cnc(N)c(Cc2ccccc2)n1. The minimum absolute atomic E-state index is 0.518. The zero-order valence-electron chi connectivity index (χ0n) is 8.64. The highest BCUT2D eigenvalue weighted by atomic mass is 14.9. The fraction of sp³-hybridized carbons (Fsp3) is 0.0909. The molecule has 0 saturated heterocycles. The highest BCUT2D eigenvalue weighted by molar-refractivity contribution is 6.30. The van der Waals surface area contributed by atoms with E-state index in [1.807, 2.05) is 26.0 Å². The third kappa shape index (κ3) is 2.34. The van der Waals surface area contributed by atoms with Crippen LogP contribution in [0.1, 0.15) is 11.3 Å². The molecule has 74 valence electrons. The van der Waals surface area contributed by atoms with Crippen molar-refractivity contribution in [3.05, 3.63) is 47.8 Å². The van der Waals surface area contributed by atoms with Crippen molar-refractivity contribution in [1.82, 2.24) is 9.97 Å². The maximum absolute atomic E-state index is 5.76. The minimum atomic E-state index is 0.518. The molecular weight excluding hydrogens is 185 g/mol. The predicted molar refractivity (Wildman–Crippen MR) is 63.9 cm³/mol. The summed E-state index contributed by atoms with van der Waals surface area (Å²) in [6.07, 6.45) is 2.42. The van der Waals surface area contributed by atoms with Crippen molar-refractivity contribution in [2.75, 3.05) is 5.73 Å². The quantitative estimate of drug-likeness (QED) is 0.684. The van der Waals surface area contributed by atoms with Gasteiger partial charge in [0.15, 0.2) is 7.85 Å². The van der Waals surface area contributed by atoms with Crippen LogP contribution in [-0.2, 0) is 6.42 Å². The van der Waals surface area contributed by atoms with Crippen molar-refractivity contribution in [2.24, 2.45) is 0 Å². The zero-order valence-corrected chi connectivity index (χ0v) is 8.64. The lowest BCUT2D eigenvalue weighted by Gasteiger charge is -2.04. The molecule has 2 aromatic rings. The molecule has 0 bridgehead atoms. The van der Waals surface area contributed by atoms with E-state index in [2.05, 4.69) is 22.1 Å². The first-order chi connectivity index (χ1) is 7.25. The van der Waals surface area contributed by atoms with E-state index in [0.29, 0.717) is 5.82 Å². The number of nitrogens with two attached hydrogens (primary N) is 1. The van der Waals surface area contributed by atoms with Crippen LogP contribution in [0, 0.1) is 0 Å². The molecule has 0 amide bonds. The Morgan fingerprint density at radius 2 is 1.93 bits per heavy atom. The average molecular weight is 197 g/mol. The fourth-order valence-corrected chi connectivity index (χ4v) is 1.46. The third-order valence-corrected chi connectivity index (χ3v) is 2.21. The molecule has 1 aromatic carbocycles. The summed E-state index contributed by atoms with van der Waals surface area (Å²) in [6, 6.07) is 10.1. The van der Waals surface area contributed by atoms with Crippen LogP contribution in [0.15, 0.2) is 36.5 Å². The summed E-state index contributed by atoms with van der Waals surface area (Å²) < 4.78 is 0. The van der Waals surface area contributed by atoms with Crippen molar-refractivity contribution < 1.29 is 0 Å². The number of benzene rings is 1. The van der Waals surface area contributed by atoms with E-state index in [1.165, 1.54) is 5.56 Å². The molecule has 15 heavy (non-hydrogen) atoms. The van der Waals surface area contributed by atoms with Crippen molar-refractivity contribution in [3.63, 3.8) is 0 Å². The Bertz CT molecular complexity index is 457. The number of aromatic nitrogens is 2. The first kappa shape index (κ1) is 9.71. The monoisotopic (exact) mass is 197 g/mol. The Morgan fingerprint density at radius 1 is 1.20 bits per heavy atom. The Balaban J connectivity index is 2.28. The molecule has 0 atom stereocenters. The first-order valence-electron chi connectivity index (χ1n) is 4.87. The average Bonchev–Trinajstić information content (AvgIpc) is 2.25. The van der Waals surface area contributed by atoms with Gasteiger partial charge in [0.25, 0.3) is 0 Å². The van der Waals surface area contributed by atoms with Crippen LogP contribution in [0.4, 0.5) is 5.82 Å². The van der Waals surface area contributed by atoms with E-state index in [0.717, 1.165) is 17.7 Å². The van der Waals surface area contributed by atoms with Crippen LogP contribution in [0.3, 0.4) is 0 Å². The molecule has 0 aliphatic heterocycles. The number of nitrogen functional groups attached to an aromatic ring is 1. The van der Waals surface area contributed by atoms with E-state index in [4.69, 9.17) is 5.73 Å². The van der Waals surface area contributed by atoms with Crippen molar-refractivity contribution in [1.29, 1.82) is 0 Å². The lowest BCUT2D eigenvalue weighted by molar-refractivity contribution is 1.06. The second-order valence-corrected chi connectivity index (χ2v) is 3.51. The van der Waals surface area contributed by atoms with Gasteiger partial charge in [-0.1, -0.05) is 30.3 Å². The first-order valence-corrected chi connectivity index (χ1v) is 4.87. The van der Waals surface area contributed by atoms with E-state index in [9.17, 15) is 0 Å². The molecule has 2 rings (SSSR count). The van der Waals surface area contributed by atoms with Crippen LogP contribution in [0.25, 0.3) is 0 Å². The predicted octanol–water partition coefficient (Wildman–Crippen LogP) is -0.0920. The van der Waals surface area contributed by atoms with Crippen molar-refractivity contribution >= 4 is 19.3 Å². The number of hydrogen-bond donors (Lipinski definition) is 1. The number of rotatable bonds is 2. The zero-order chi connectivity index (χ0) is 10.7. The Morgan fingerprint density at radius 3 is 2.67 bits per heavy atom. The van der Waals surface area contributed by atoms with Gasteiger partial charge in [0.05, 0.1) is 5.69 Å². The molecule has 0 aliphatic carbocycles. The molecule has 0 unspecified atom stereocenters. The molecule has 1 heterocycles. The molecule has 4 heteroatoms. The van der Waals surface area contributed by atoms with Gasteiger partial charge in [0.2, 0.25) is 0 Å². The molecule has 0 spiro atoms. The largest absolute Gasteiger partial charge is 0.382 e. The van der Waals surface area contributed by atoms with Gasteiger partial charge in [-0.05, 0) is 5.56 Å². The topological polar surface area (TPSA) is 51.8 Å². The molecular formula is C11H12BN3. The summed E-state index contributed by atoms with van der Waals surface area (Å²) in [5.74, 6) is 0.518. The van der Waals surface area contributed by atoms with Gasteiger partial charge in [-0.2, -0.15) is 0 Å². The molecule has 0 radical (unpaired) electrons. The normalized spacial score (nSPS) is 10.1. The smallest absolute Gasteiger partial charge is 0.166 e. The Kier molecular flexibility index (Phi) is 2.67. The molecule has 3 nitrogen and oxygen atoms in total. The number of nitrogens with zero attached hydrogens (tertiary/aromatic N) is 2. The fourth-order valence-electron chi connectivity index (χ4n) is 1.46. The summed E-state index contributed by atoms with van der Waals surface area (Å²) in [7, 11) is 1.92. The van der Waals surface area contributed by atoms with Gasteiger partial charge < -0.3 is 5.73 Å². The molecule has 1 aromatic heterocycles. The molecule has 0 saturated carbocycles. The van der Waals surface area contributed by atoms with Gasteiger partial charge in [-0.25, -0.2) is 4.98 Å². The number of anilines is 1. The molecule has 0 aliphatic rings. The van der Waals surface area contributed by atoms with Crippen LogP contribution < -0.4 is 11.3 Å². The van der Waals surface area contributed by atoms with Crippen molar-refractivity contribution in [3.8, 4) is 0 Å². The lowest BCUT2D eigenvalue weighted by atomic mass is 10.0. The maximum Gasteiger partial charge on any atom is 0.166 e. The van der Waals surface area contributed by atoms with Gasteiger partial charge in [0, 0.05) is 18.2 Å². The van der Waals surface area contributed by atoms with Crippen LogP contribution in [0.5, 0.6) is 0 Å². The molecule has 0 fully saturated rings. The minimum Gasteiger partial charge on any atom is -0.382 e. The highest BCUT2D eigenvalue weighted by Gasteiger charge is 2.03. The standard InChI is InChI=1S/C11H12BN3/c12-10-7-14-11(13)9(15-10)6-8-4-2-1-3-5-8/h1-5,7H,6,12H2,(H2,13,14). The van der Waals surface area contributed by atoms with Gasteiger partial charge >= 0.3 is 0 Å². The van der Waals surface area contributed by atoms with E-state index < -0.39 is 0 Å².